The van der Waals surface area contributed by atoms with E-state index in [2.05, 4.69) is 63.5 Å². The first-order valence-electron chi connectivity index (χ1n) is 5.23. The number of halogens is 1. The van der Waals surface area contributed by atoms with Gasteiger partial charge in [-0.1, -0.05) is 39.3 Å². The van der Waals surface area contributed by atoms with Crippen LogP contribution in [0.1, 0.15) is 0 Å². The number of hydrogen-bond donors (Lipinski definition) is 0. The minimum Gasteiger partial charge on any atom is -1.00 e. The van der Waals surface area contributed by atoms with Crippen molar-refractivity contribution in [3.63, 3.8) is 0 Å². The maximum atomic E-state index is 3.31. The molecule has 1 aromatic rings. The predicted molar refractivity (Wildman–Crippen MR) is 77.0 cm³/mol. The van der Waals surface area contributed by atoms with Gasteiger partial charge in [-0.25, -0.2) is 0 Å². The van der Waals surface area contributed by atoms with Crippen molar-refractivity contribution >= 4 is 49.6 Å². The number of rotatable bonds is 2. The summed E-state index contributed by atoms with van der Waals surface area (Å²) in [6, 6.07) is 10.1. The van der Waals surface area contributed by atoms with E-state index in [0.717, 1.165) is 0 Å². The van der Waals surface area contributed by atoms with Gasteiger partial charge in [0.05, 0.1) is 0 Å². The van der Waals surface area contributed by atoms with Crippen LogP contribution in [0.15, 0.2) is 18.2 Å². The zero-order valence-electron chi connectivity index (χ0n) is 11.3. The molecule has 0 bridgehead atoms. The Kier molecular flexibility index (Phi) is 8.10. The molecule has 0 unspecified atom stereocenters. The molecular weight excluding hydrogens is 305 g/mol. The van der Waals surface area contributed by atoms with E-state index in [1.807, 2.05) is 0 Å². The van der Waals surface area contributed by atoms with E-state index in [4.69, 9.17) is 0 Å². The Hall–Kier alpha value is 0.900. The number of hydrogen-bond acceptors (Lipinski definition) is 0. The largest absolute Gasteiger partial charge is 2.00 e. The third kappa shape index (κ3) is 5.49. The first-order chi connectivity index (χ1) is 6.21. The predicted octanol–water partition coefficient (Wildman–Crippen LogP) is -0.800. The Labute approximate surface area is 129 Å². The quantitative estimate of drug-likeness (QED) is 0.493. The summed E-state index contributed by atoms with van der Waals surface area (Å²) in [5, 5.41) is 3.08. The molecule has 0 aliphatic rings. The van der Waals surface area contributed by atoms with E-state index in [9.17, 15) is 0 Å². The third-order valence-corrected chi connectivity index (χ3v) is 6.56. The summed E-state index contributed by atoms with van der Waals surface area (Å²) in [6.45, 7) is 14.4. The molecule has 86 valence electrons. The van der Waals surface area contributed by atoms with Gasteiger partial charge in [-0.05, 0) is 0 Å². The van der Waals surface area contributed by atoms with Crippen LogP contribution in [0.3, 0.4) is 0 Å². The van der Waals surface area contributed by atoms with Crippen LogP contribution in [0.2, 0.25) is 39.3 Å². The Morgan fingerprint density at radius 1 is 0.812 bits per heavy atom. The van der Waals surface area contributed by atoms with Gasteiger partial charge in [-0.15, -0.1) is 0 Å². The van der Waals surface area contributed by atoms with Gasteiger partial charge in [0.1, 0.15) is 0 Å². The molecule has 0 nitrogen and oxygen atoms in total. The molecule has 1 aromatic carbocycles. The normalized spacial score (nSPS) is 11.4. The van der Waals surface area contributed by atoms with Crippen LogP contribution in [0, 0.1) is 6.07 Å². The fourth-order valence-electron chi connectivity index (χ4n) is 1.34. The second-order valence-electron chi connectivity index (χ2n) is 6.01. The molecule has 0 radical (unpaired) electrons. The zero-order chi connectivity index (χ0) is 11.0. The molecule has 0 aliphatic heterocycles. The summed E-state index contributed by atoms with van der Waals surface area (Å²) in [4.78, 5) is 0. The summed E-state index contributed by atoms with van der Waals surface area (Å²) < 4.78 is 0. The van der Waals surface area contributed by atoms with Gasteiger partial charge in [0.15, 0.2) is 0 Å². The van der Waals surface area contributed by atoms with Crippen molar-refractivity contribution < 1.29 is 17.0 Å². The first-order valence-corrected chi connectivity index (χ1v) is 12.2. The van der Waals surface area contributed by atoms with Crippen LogP contribution < -0.4 is 27.4 Å². The SMILES string of the molecule is C[Si](C)(C)c1c[c-]cc([Si](C)(C)C)c1.[Br-].[Mg+2]. The summed E-state index contributed by atoms with van der Waals surface area (Å²) >= 11 is 0. The van der Waals surface area contributed by atoms with Crippen LogP contribution in [0.25, 0.3) is 0 Å². The van der Waals surface area contributed by atoms with Gasteiger partial charge in [0, 0.05) is 16.1 Å². The Morgan fingerprint density at radius 3 is 1.38 bits per heavy atom. The molecule has 0 N–H and O–H groups in total. The first kappa shape index (κ1) is 19.2. The van der Waals surface area contributed by atoms with E-state index < -0.39 is 16.1 Å². The molecule has 0 saturated heterocycles. The molecule has 0 heterocycles. The van der Waals surface area contributed by atoms with Crippen LogP contribution in [0.4, 0.5) is 0 Å². The second-order valence-corrected chi connectivity index (χ2v) is 16.2. The van der Waals surface area contributed by atoms with E-state index >= 15 is 0 Å². The van der Waals surface area contributed by atoms with Gasteiger partial charge >= 0.3 is 23.1 Å². The zero-order valence-corrected chi connectivity index (χ0v) is 16.3. The van der Waals surface area contributed by atoms with Crippen molar-refractivity contribution in [2.45, 2.75) is 39.3 Å². The molecule has 1 rings (SSSR count). The summed E-state index contributed by atoms with van der Waals surface area (Å²) in [5.74, 6) is 0. The maximum Gasteiger partial charge on any atom is 2.00 e. The van der Waals surface area contributed by atoms with Gasteiger partial charge < -0.3 is 17.0 Å². The van der Waals surface area contributed by atoms with Gasteiger partial charge in [0.25, 0.3) is 0 Å². The topological polar surface area (TPSA) is 0 Å². The van der Waals surface area contributed by atoms with Crippen LogP contribution in [-0.4, -0.2) is 39.2 Å². The molecule has 0 aliphatic carbocycles. The molecule has 0 aromatic heterocycles. The minimum atomic E-state index is -1.15. The van der Waals surface area contributed by atoms with Crippen LogP contribution in [-0.2, 0) is 0 Å². The summed E-state index contributed by atoms with van der Waals surface area (Å²) in [7, 11) is -2.31. The van der Waals surface area contributed by atoms with E-state index in [1.165, 1.54) is 10.4 Å². The van der Waals surface area contributed by atoms with Crippen molar-refractivity contribution in [1.29, 1.82) is 0 Å². The Morgan fingerprint density at radius 2 is 1.12 bits per heavy atom. The molecule has 0 atom stereocenters. The van der Waals surface area contributed by atoms with Crippen molar-refractivity contribution in [1.82, 2.24) is 0 Å². The van der Waals surface area contributed by atoms with Gasteiger partial charge in [-0.2, -0.15) is 34.6 Å². The second kappa shape index (κ2) is 6.73. The van der Waals surface area contributed by atoms with Crippen molar-refractivity contribution in [2.75, 3.05) is 0 Å². The van der Waals surface area contributed by atoms with Gasteiger partial charge in [-0.3, -0.25) is 0 Å². The van der Waals surface area contributed by atoms with Crippen molar-refractivity contribution in [3.05, 3.63) is 24.3 Å². The van der Waals surface area contributed by atoms with Gasteiger partial charge in [0.2, 0.25) is 0 Å². The van der Waals surface area contributed by atoms with E-state index in [-0.39, 0.29) is 40.0 Å². The summed E-state index contributed by atoms with van der Waals surface area (Å²) in [6.07, 6.45) is 0. The van der Waals surface area contributed by atoms with Crippen LogP contribution in [0.5, 0.6) is 0 Å². The smallest absolute Gasteiger partial charge is 1.00 e. The average Bonchev–Trinajstić information content (AvgIpc) is 2.01. The Bertz CT molecular complexity index is 297. The molecule has 4 heteroatoms. The van der Waals surface area contributed by atoms with Crippen molar-refractivity contribution in [2.24, 2.45) is 0 Å². The molecule has 0 fully saturated rings. The van der Waals surface area contributed by atoms with Crippen molar-refractivity contribution in [3.8, 4) is 0 Å². The Balaban J connectivity index is 0. The summed E-state index contributed by atoms with van der Waals surface area (Å²) in [5.41, 5.74) is 0. The minimum absolute atomic E-state index is 0. The monoisotopic (exact) mass is 324 g/mol. The van der Waals surface area contributed by atoms with E-state index in [1.54, 1.807) is 0 Å². The fourth-order valence-corrected chi connectivity index (χ4v) is 3.69. The molecule has 0 spiro atoms. The molecule has 16 heavy (non-hydrogen) atoms. The van der Waals surface area contributed by atoms with E-state index in [0.29, 0.717) is 0 Å². The molecule has 0 saturated carbocycles. The average molecular weight is 326 g/mol. The van der Waals surface area contributed by atoms with Crippen LogP contribution >= 0.6 is 0 Å². The molecule has 0 amide bonds. The number of benzene rings is 1. The molecular formula is C12H21BrMgSi2. The maximum absolute atomic E-state index is 3.31. The standard InChI is InChI=1S/C12H21Si2.BrH.Mg/c1-13(2,3)11-8-7-9-12(10-11)14(4,5)6;;/h8-10H,1-6H3;1H;/q-1;;+2/p-1. The third-order valence-electron chi connectivity index (χ3n) is 2.52. The fraction of sp³-hybridized carbons (Fsp3) is 0.500.